The van der Waals surface area contributed by atoms with E-state index in [9.17, 15) is 14.0 Å². The third kappa shape index (κ3) is 5.35. The van der Waals surface area contributed by atoms with Gasteiger partial charge in [-0.2, -0.15) is 0 Å². The van der Waals surface area contributed by atoms with Crippen LogP contribution in [0.25, 0.3) is 11.3 Å². The van der Waals surface area contributed by atoms with Crippen molar-refractivity contribution in [3.8, 4) is 11.3 Å². The van der Waals surface area contributed by atoms with E-state index in [2.05, 4.69) is 15.0 Å². The number of benzene rings is 1. The zero-order valence-corrected chi connectivity index (χ0v) is 13.0. The average Bonchev–Trinajstić information content (AvgIpc) is 2.57. The number of nitrogens with one attached hydrogen (secondary N) is 1. The SMILES string of the molecule is NC(=O)OCCCCNC(=O)c1ccc(-c2cccc(F)c2)nc1. The van der Waals surface area contributed by atoms with Crippen LogP contribution in [0, 0.1) is 5.82 Å². The Balaban J connectivity index is 1.82. The van der Waals surface area contributed by atoms with Gasteiger partial charge in [0.25, 0.3) is 5.91 Å². The first-order chi connectivity index (χ1) is 11.6. The van der Waals surface area contributed by atoms with Gasteiger partial charge in [0.05, 0.1) is 17.9 Å². The lowest BCUT2D eigenvalue weighted by Crippen LogP contribution is -2.25. The van der Waals surface area contributed by atoms with Gasteiger partial charge in [0.1, 0.15) is 5.82 Å². The van der Waals surface area contributed by atoms with Gasteiger partial charge in [-0.05, 0) is 37.1 Å². The van der Waals surface area contributed by atoms with Crippen molar-refractivity contribution in [2.24, 2.45) is 5.73 Å². The number of carbonyl (C=O) groups excluding carboxylic acids is 2. The van der Waals surface area contributed by atoms with Crippen LogP contribution in [0.4, 0.5) is 9.18 Å². The predicted molar refractivity (Wildman–Crippen MR) is 86.7 cm³/mol. The molecule has 2 rings (SSSR count). The minimum atomic E-state index is -0.802. The highest BCUT2D eigenvalue weighted by molar-refractivity contribution is 5.94. The number of halogens is 1. The normalized spacial score (nSPS) is 10.2. The van der Waals surface area contributed by atoms with Crippen LogP contribution in [0.15, 0.2) is 42.6 Å². The van der Waals surface area contributed by atoms with Crippen molar-refractivity contribution in [2.75, 3.05) is 13.2 Å². The molecule has 0 radical (unpaired) electrons. The number of rotatable bonds is 7. The Morgan fingerprint density at radius 2 is 2.04 bits per heavy atom. The fourth-order valence-corrected chi connectivity index (χ4v) is 2.05. The van der Waals surface area contributed by atoms with Gasteiger partial charge < -0.3 is 15.8 Å². The summed E-state index contributed by atoms with van der Waals surface area (Å²) >= 11 is 0. The molecular formula is C17H18FN3O3. The fourth-order valence-electron chi connectivity index (χ4n) is 2.05. The summed E-state index contributed by atoms with van der Waals surface area (Å²) in [6.07, 6.45) is 1.92. The first-order valence-corrected chi connectivity index (χ1v) is 7.48. The Morgan fingerprint density at radius 3 is 2.71 bits per heavy atom. The standard InChI is InChI=1S/C17H18FN3O3/c18-14-5-3-4-12(10-14)15-7-6-13(11-21-15)16(22)20-8-1-2-9-24-17(19)23/h3-7,10-11H,1-2,8-9H2,(H2,19,23)(H,20,22). The summed E-state index contributed by atoms with van der Waals surface area (Å²) < 4.78 is 17.8. The second-order valence-electron chi connectivity index (χ2n) is 5.07. The number of hydrogen-bond donors (Lipinski definition) is 2. The van der Waals surface area contributed by atoms with E-state index >= 15 is 0 Å². The molecule has 0 fully saturated rings. The molecule has 0 spiro atoms. The van der Waals surface area contributed by atoms with Crippen molar-refractivity contribution in [1.82, 2.24) is 10.3 Å². The van der Waals surface area contributed by atoms with Gasteiger partial charge >= 0.3 is 6.09 Å². The summed E-state index contributed by atoms with van der Waals surface area (Å²) in [5, 5.41) is 2.74. The van der Waals surface area contributed by atoms with E-state index in [1.165, 1.54) is 18.3 Å². The Labute approximate surface area is 138 Å². The van der Waals surface area contributed by atoms with Crippen LogP contribution in [0.2, 0.25) is 0 Å². The molecule has 0 aliphatic carbocycles. The summed E-state index contributed by atoms with van der Waals surface area (Å²) in [5.74, 6) is -0.583. The molecule has 0 bridgehead atoms. The molecule has 0 aliphatic rings. The van der Waals surface area contributed by atoms with Gasteiger partial charge in [0, 0.05) is 18.3 Å². The number of unbranched alkanes of at least 4 members (excludes halogenated alkanes) is 1. The number of nitrogens with zero attached hydrogens (tertiary/aromatic N) is 1. The number of primary amides is 1. The minimum absolute atomic E-state index is 0.231. The van der Waals surface area contributed by atoms with E-state index in [1.807, 2.05) is 0 Å². The number of ether oxygens (including phenoxy) is 1. The van der Waals surface area contributed by atoms with Crippen molar-refractivity contribution < 1.29 is 18.7 Å². The highest BCUT2D eigenvalue weighted by Gasteiger charge is 2.07. The molecule has 0 saturated carbocycles. The first kappa shape index (κ1) is 17.4. The van der Waals surface area contributed by atoms with E-state index in [0.29, 0.717) is 36.2 Å². The van der Waals surface area contributed by atoms with Crippen molar-refractivity contribution in [3.63, 3.8) is 0 Å². The molecule has 2 aromatic rings. The summed E-state index contributed by atoms with van der Waals surface area (Å²) in [7, 11) is 0. The molecule has 1 aromatic carbocycles. The maximum Gasteiger partial charge on any atom is 0.404 e. The van der Waals surface area contributed by atoms with Crippen LogP contribution in [0.1, 0.15) is 23.2 Å². The van der Waals surface area contributed by atoms with E-state index in [1.54, 1.807) is 24.3 Å². The molecule has 1 heterocycles. The van der Waals surface area contributed by atoms with Gasteiger partial charge in [-0.3, -0.25) is 9.78 Å². The Morgan fingerprint density at radius 1 is 1.21 bits per heavy atom. The monoisotopic (exact) mass is 331 g/mol. The summed E-state index contributed by atoms with van der Waals surface area (Å²) in [5.41, 5.74) is 6.50. The molecule has 1 aromatic heterocycles. The zero-order valence-electron chi connectivity index (χ0n) is 13.0. The van der Waals surface area contributed by atoms with E-state index in [0.717, 1.165) is 0 Å². The molecule has 3 N–H and O–H groups in total. The highest BCUT2D eigenvalue weighted by Crippen LogP contribution is 2.17. The minimum Gasteiger partial charge on any atom is -0.450 e. The van der Waals surface area contributed by atoms with Crippen molar-refractivity contribution in [3.05, 3.63) is 54.0 Å². The van der Waals surface area contributed by atoms with Crippen molar-refractivity contribution >= 4 is 12.0 Å². The number of pyridine rings is 1. The molecule has 0 unspecified atom stereocenters. The molecule has 0 aliphatic heterocycles. The Bertz CT molecular complexity index is 704. The highest BCUT2D eigenvalue weighted by atomic mass is 19.1. The average molecular weight is 331 g/mol. The molecule has 24 heavy (non-hydrogen) atoms. The number of aromatic nitrogens is 1. The van der Waals surface area contributed by atoms with Crippen LogP contribution >= 0.6 is 0 Å². The lowest BCUT2D eigenvalue weighted by molar-refractivity contribution is 0.0950. The van der Waals surface area contributed by atoms with Crippen LogP contribution in [0.5, 0.6) is 0 Å². The summed E-state index contributed by atoms with van der Waals surface area (Å²) in [6, 6.07) is 9.41. The summed E-state index contributed by atoms with van der Waals surface area (Å²) in [4.78, 5) is 26.5. The molecule has 6 nitrogen and oxygen atoms in total. The fraction of sp³-hybridized carbons (Fsp3) is 0.235. The summed E-state index contributed by atoms with van der Waals surface area (Å²) in [6.45, 7) is 0.682. The lowest BCUT2D eigenvalue weighted by Gasteiger charge is -2.06. The first-order valence-electron chi connectivity index (χ1n) is 7.48. The Kier molecular flexibility index (Phi) is 6.24. The second kappa shape index (κ2) is 8.61. The smallest absolute Gasteiger partial charge is 0.404 e. The van der Waals surface area contributed by atoms with Gasteiger partial charge in [-0.15, -0.1) is 0 Å². The zero-order chi connectivity index (χ0) is 17.4. The van der Waals surface area contributed by atoms with Gasteiger partial charge in [0.15, 0.2) is 0 Å². The van der Waals surface area contributed by atoms with E-state index in [4.69, 9.17) is 5.73 Å². The predicted octanol–water partition coefficient (Wildman–Crippen LogP) is 2.49. The van der Waals surface area contributed by atoms with Crippen LogP contribution in [-0.2, 0) is 4.74 Å². The topological polar surface area (TPSA) is 94.3 Å². The maximum atomic E-state index is 13.2. The quantitative estimate of drug-likeness (QED) is 0.762. The second-order valence-corrected chi connectivity index (χ2v) is 5.07. The van der Waals surface area contributed by atoms with E-state index in [-0.39, 0.29) is 18.3 Å². The molecule has 2 amide bonds. The molecule has 0 atom stereocenters. The number of hydrogen-bond acceptors (Lipinski definition) is 4. The molecule has 126 valence electrons. The largest absolute Gasteiger partial charge is 0.450 e. The molecule has 0 saturated heterocycles. The third-order valence-electron chi connectivity index (χ3n) is 3.25. The van der Waals surface area contributed by atoms with Gasteiger partial charge in [0.2, 0.25) is 0 Å². The van der Waals surface area contributed by atoms with Crippen LogP contribution in [0.3, 0.4) is 0 Å². The maximum absolute atomic E-state index is 13.2. The van der Waals surface area contributed by atoms with Gasteiger partial charge in [-0.1, -0.05) is 12.1 Å². The molecular weight excluding hydrogens is 313 g/mol. The Hall–Kier alpha value is -2.96. The molecule has 7 heteroatoms. The van der Waals surface area contributed by atoms with Gasteiger partial charge in [-0.25, -0.2) is 9.18 Å². The number of amides is 2. The van der Waals surface area contributed by atoms with Crippen molar-refractivity contribution in [2.45, 2.75) is 12.8 Å². The number of carbonyl (C=O) groups is 2. The van der Waals surface area contributed by atoms with E-state index < -0.39 is 6.09 Å². The van der Waals surface area contributed by atoms with Crippen LogP contribution in [-0.4, -0.2) is 30.1 Å². The lowest BCUT2D eigenvalue weighted by atomic mass is 10.1. The van der Waals surface area contributed by atoms with Crippen LogP contribution < -0.4 is 11.1 Å². The number of nitrogens with two attached hydrogens (primary N) is 1. The van der Waals surface area contributed by atoms with Crippen molar-refractivity contribution in [1.29, 1.82) is 0 Å². The third-order valence-corrected chi connectivity index (χ3v) is 3.25.